The summed E-state index contributed by atoms with van der Waals surface area (Å²) in [6.07, 6.45) is -4.18. The van der Waals surface area contributed by atoms with Crippen LogP contribution < -0.4 is 10.5 Å². The lowest BCUT2D eigenvalue weighted by molar-refractivity contribution is -0.139. The van der Waals surface area contributed by atoms with E-state index in [-0.39, 0.29) is 5.69 Å². The fourth-order valence-electron chi connectivity index (χ4n) is 2.58. The molecule has 0 saturated heterocycles. The highest BCUT2D eigenvalue weighted by atomic mass is 32.2. The van der Waals surface area contributed by atoms with E-state index in [4.69, 9.17) is 5.14 Å². The molecule has 0 amide bonds. The van der Waals surface area contributed by atoms with Gasteiger partial charge in [0.25, 0.3) is 0 Å². The van der Waals surface area contributed by atoms with Crippen LogP contribution in [0.4, 0.5) is 18.9 Å². The number of halogens is 3. The van der Waals surface area contributed by atoms with Gasteiger partial charge in [0.15, 0.2) is 0 Å². The second-order valence-electron chi connectivity index (χ2n) is 5.86. The molecule has 0 atom stereocenters. The molecule has 0 heterocycles. The molecule has 136 valence electrons. The highest BCUT2D eigenvalue weighted by Gasteiger charge is 2.36. The Morgan fingerprint density at radius 1 is 1.08 bits per heavy atom. The number of sulfonamides is 1. The fourth-order valence-corrected chi connectivity index (χ4v) is 3.32. The molecular weight excluding hydrogens is 353 g/mol. The Balaban J connectivity index is 2.18. The molecule has 0 aliphatic rings. The van der Waals surface area contributed by atoms with Gasteiger partial charge in [0.1, 0.15) is 0 Å². The van der Waals surface area contributed by atoms with Crippen molar-refractivity contribution in [2.24, 2.45) is 5.14 Å². The van der Waals surface area contributed by atoms with Crippen LogP contribution in [0.2, 0.25) is 0 Å². The summed E-state index contributed by atoms with van der Waals surface area (Å²) in [5.41, 5.74) is 2.26. The molecule has 8 heteroatoms. The normalized spacial score (nSPS) is 12.2. The van der Waals surface area contributed by atoms with Crippen molar-refractivity contribution in [3.8, 4) is 0 Å². The van der Waals surface area contributed by atoms with Crippen molar-refractivity contribution in [1.29, 1.82) is 0 Å². The van der Waals surface area contributed by atoms with Crippen LogP contribution in [0.25, 0.3) is 0 Å². The maximum absolute atomic E-state index is 13.1. The Labute approximate surface area is 144 Å². The Morgan fingerprint density at radius 3 is 2.32 bits per heavy atom. The van der Waals surface area contributed by atoms with E-state index < -0.39 is 26.7 Å². The van der Waals surface area contributed by atoms with Crippen LogP contribution >= 0.6 is 0 Å². The van der Waals surface area contributed by atoms with Gasteiger partial charge in [-0.05, 0) is 49.6 Å². The maximum Gasteiger partial charge on any atom is 0.417 e. The standard InChI is InChI=1S/C17H19F3N2O2S/c1-11-3-4-13(12(2)9-11)7-8-22-14-5-6-16(25(21,23)24)15(10-14)17(18,19)20/h3-6,9-10,22H,7-8H2,1-2H3,(H2,21,23,24). The van der Waals surface area contributed by atoms with Gasteiger partial charge in [-0.15, -0.1) is 0 Å². The van der Waals surface area contributed by atoms with E-state index in [1.807, 2.05) is 32.0 Å². The Kier molecular flexibility index (Phi) is 5.43. The average Bonchev–Trinajstić information content (AvgIpc) is 2.47. The number of nitrogens with two attached hydrogens (primary N) is 1. The molecule has 0 saturated carbocycles. The van der Waals surface area contributed by atoms with Crippen LogP contribution in [0.3, 0.4) is 0 Å². The van der Waals surface area contributed by atoms with Gasteiger partial charge in [-0.25, -0.2) is 13.6 Å². The van der Waals surface area contributed by atoms with Crippen molar-refractivity contribution in [2.45, 2.75) is 31.3 Å². The number of hydrogen-bond donors (Lipinski definition) is 2. The second-order valence-corrected chi connectivity index (χ2v) is 7.39. The molecule has 0 radical (unpaired) electrons. The molecule has 2 aromatic rings. The van der Waals surface area contributed by atoms with E-state index in [0.29, 0.717) is 13.0 Å². The van der Waals surface area contributed by atoms with Gasteiger partial charge < -0.3 is 5.32 Å². The average molecular weight is 372 g/mol. The highest BCUT2D eigenvalue weighted by molar-refractivity contribution is 7.89. The topological polar surface area (TPSA) is 72.2 Å². The van der Waals surface area contributed by atoms with Gasteiger partial charge in [0, 0.05) is 12.2 Å². The van der Waals surface area contributed by atoms with E-state index in [1.54, 1.807) is 0 Å². The van der Waals surface area contributed by atoms with E-state index in [2.05, 4.69) is 5.32 Å². The monoisotopic (exact) mass is 372 g/mol. The summed E-state index contributed by atoms with van der Waals surface area (Å²) in [6.45, 7) is 4.38. The van der Waals surface area contributed by atoms with Crippen molar-refractivity contribution in [3.63, 3.8) is 0 Å². The summed E-state index contributed by atoms with van der Waals surface area (Å²) in [4.78, 5) is -0.931. The molecule has 0 fully saturated rings. The van der Waals surface area contributed by atoms with Gasteiger partial charge in [0.2, 0.25) is 10.0 Å². The van der Waals surface area contributed by atoms with Crippen LogP contribution in [0, 0.1) is 13.8 Å². The van der Waals surface area contributed by atoms with Gasteiger partial charge in [-0.1, -0.05) is 23.8 Å². The Bertz CT molecular complexity index is 878. The number of anilines is 1. The highest BCUT2D eigenvalue weighted by Crippen LogP contribution is 2.35. The van der Waals surface area contributed by atoms with Crippen LogP contribution in [-0.2, 0) is 22.6 Å². The first-order valence-electron chi connectivity index (χ1n) is 7.52. The van der Waals surface area contributed by atoms with E-state index in [0.717, 1.165) is 28.8 Å². The molecule has 3 N–H and O–H groups in total. The molecule has 0 aliphatic heterocycles. The van der Waals surface area contributed by atoms with Crippen LogP contribution in [-0.4, -0.2) is 15.0 Å². The predicted octanol–water partition coefficient (Wildman–Crippen LogP) is 3.62. The smallest absolute Gasteiger partial charge is 0.385 e. The summed E-state index contributed by atoms with van der Waals surface area (Å²) in [7, 11) is -4.45. The predicted molar refractivity (Wildman–Crippen MR) is 90.9 cm³/mol. The minimum absolute atomic E-state index is 0.185. The van der Waals surface area contributed by atoms with Crippen molar-refractivity contribution in [1.82, 2.24) is 0 Å². The van der Waals surface area contributed by atoms with E-state index in [9.17, 15) is 21.6 Å². The third-order valence-electron chi connectivity index (χ3n) is 3.81. The molecule has 0 aromatic heterocycles. The van der Waals surface area contributed by atoms with Crippen molar-refractivity contribution >= 4 is 15.7 Å². The van der Waals surface area contributed by atoms with Gasteiger partial charge >= 0.3 is 6.18 Å². The lowest BCUT2D eigenvalue weighted by atomic mass is 10.0. The van der Waals surface area contributed by atoms with Crippen LogP contribution in [0.1, 0.15) is 22.3 Å². The van der Waals surface area contributed by atoms with Gasteiger partial charge in [0.05, 0.1) is 10.5 Å². The van der Waals surface area contributed by atoms with Crippen molar-refractivity contribution in [2.75, 3.05) is 11.9 Å². The SMILES string of the molecule is Cc1ccc(CCNc2ccc(S(N)(=O)=O)c(C(F)(F)F)c2)c(C)c1. The zero-order valence-electron chi connectivity index (χ0n) is 13.8. The molecule has 0 bridgehead atoms. The van der Waals surface area contributed by atoms with Gasteiger partial charge in [-0.2, -0.15) is 13.2 Å². The Morgan fingerprint density at radius 2 is 1.76 bits per heavy atom. The zero-order chi connectivity index (χ0) is 18.8. The number of rotatable bonds is 5. The van der Waals surface area contributed by atoms with Crippen molar-refractivity contribution < 1.29 is 21.6 Å². The summed E-state index contributed by atoms with van der Waals surface area (Å²) in [6, 6.07) is 8.91. The van der Waals surface area contributed by atoms with Gasteiger partial charge in [-0.3, -0.25) is 0 Å². The first kappa shape index (κ1) is 19.3. The molecular formula is C17H19F3N2O2S. The lowest BCUT2D eigenvalue weighted by Crippen LogP contribution is -2.19. The lowest BCUT2D eigenvalue weighted by Gasteiger charge is -2.14. The number of primary sulfonamides is 1. The molecule has 25 heavy (non-hydrogen) atoms. The molecule has 0 aliphatic carbocycles. The van der Waals surface area contributed by atoms with Crippen LogP contribution in [0.5, 0.6) is 0 Å². The number of hydrogen-bond acceptors (Lipinski definition) is 3. The number of aryl methyl sites for hydroxylation is 2. The zero-order valence-corrected chi connectivity index (χ0v) is 14.6. The van der Waals surface area contributed by atoms with Crippen LogP contribution in [0.15, 0.2) is 41.3 Å². The number of benzene rings is 2. The van der Waals surface area contributed by atoms with E-state index in [1.165, 1.54) is 6.07 Å². The number of nitrogens with one attached hydrogen (secondary N) is 1. The quantitative estimate of drug-likeness (QED) is 0.842. The van der Waals surface area contributed by atoms with E-state index >= 15 is 0 Å². The minimum atomic E-state index is -4.81. The molecule has 2 rings (SSSR count). The summed E-state index contributed by atoms with van der Waals surface area (Å²) >= 11 is 0. The summed E-state index contributed by atoms with van der Waals surface area (Å²) in [5, 5.41) is 7.75. The first-order chi connectivity index (χ1) is 11.5. The Hall–Kier alpha value is -2.06. The maximum atomic E-state index is 13.1. The third kappa shape index (κ3) is 4.96. The fraction of sp³-hybridized carbons (Fsp3) is 0.294. The minimum Gasteiger partial charge on any atom is -0.385 e. The summed E-state index contributed by atoms with van der Waals surface area (Å²) in [5.74, 6) is 0. The molecule has 0 unspecified atom stereocenters. The third-order valence-corrected chi connectivity index (χ3v) is 4.78. The molecule has 4 nitrogen and oxygen atoms in total. The second kappa shape index (κ2) is 7.05. The largest absolute Gasteiger partial charge is 0.417 e. The molecule has 2 aromatic carbocycles. The first-order valence-corrected chi connectivity index (χ1v) is 9.07. The molecule has 0 spiro atoms. The number of alkyl halides is 3. The summed E-state index contributed by atoms with van der Waals surface area (Å²) < 4.78 is 61.9. The van der Waals surface area contributed by atoms with Crippen molar-refractivity contribution in [3.05, 3.63) is 58.7 Å².